The molecule has 1 saturated carbocycles. The Morgan fingerprint density at radius 2 is 2.12 bits per heavy atom. The molecule has 9 heteroatoms. The molecule has 0 saturated heterocycles. The minimum Gasteiger partial charge on any atom is -0.258 e. The van der Waals surface area contributed by atoms with Gasteiger partial charge in [0.25, 0.3) is 0 Å². The lowest BCUT2D eigenvalue weighted by molar-refractivity contribution is -0.386. The van der Waals surface area contributed by atoms with E-state index < -0.39 is 16.6 Å². The van der Waals surface area contributed by atoms with Crippen LogP contribution in [0.2, 0.25) is 5.15 Å². The number of hydrogen-bond donors (Lipinski definition) is 0. The molecule has 26 heavy (non-hydrogen) atoms. The minimum absolute atomic E-state index is 0.0326. The van der Waals surface area contributed by atoms with E-state index in [0.29, 0.717) is 22.8 Å². The average Bonchev–Trinajstić information content (AvgIpc) is 3.33. The molecule has 138 valence electrons. The maximum atomic E-state index is 13.4. The van der Waals surface area contributed by atoms with Crippen molar-refractivity contribution in [3.05, 3.63) is 56.4 Å². The van der Waals surface area contributed by atoms with Crippen molar-refractivity contribution in [1.82, 2.24) is 9.97 Å². The van der Waals surface area contributed by atoms with Gasteiger partial charge in [-0.2, -0.15) is 0 Å². The van der Waals surface area contributed by atoms with Crippen LogP contribution in [0.3, 0.4) is 0 Å². The van der Waals surface area contributed by atoms with Crippen LogP contribution in [0.4, 0.5) is 14.5 Å². The zero-order chi connectivity index (χ0) is 18.8. The van der Waals surface area contributed by atoms with Gasteiger partial charge in [0.2, 0.25) is 5.15 Å². The fraction of sp³-hybridized carbons (Fsp3) is 0.412. The molecule has 2 aromatic rings. The third kappa shape index (κ3) is 4.12. The summed E-state index contributed by atoms with van der Waals surface area (Å²) in [5.74, 6) is -0.878. The summed E-state index contributed by atoms with van der Waals surface area (Å²) in [4.78, 5) is 19.1. The third-order valence-electron chi connectivity index (χ3n) is 4.26. The molecule has 1 aliphatic carbocycles. The summed E-state index contributed by atoms with van der Waals surface area (Å²) in [6.45, 7) is 2.01. The van der Waals surface area contributed by atoms with Crippen molar-refractivity contribution in [2.24, 2.45) is 5.92 Å². The molecule has 0 N–H and O–H groups in total. The van der Waals surface area contributed by atoms with Crippen LogP contribution in [0, 0.1) is 27.7 Å². The van der Waals surface area contributed by atoms with E-state index in [4.69, 9.17) is 11.6 Å². The van der Waals surface area contributed by atoms with Crippen molar-refractivity contribution in [3.63, 3.8) is 0 Å². The second-order valence-electron chi connectivity index (χ2n) is 6.18. The SMILES string of the molecule is CCCSc1nc(Cl)c([N+](=O)[O-])c(C[C@@H]2C[C@H]2c2ccc(F)c(F)c2)n1. The van der Waals surface area contributed by atoms with E-state index in [2.05, 4.69) is 9.97 Å². The van der Waals surface area contributed by atoms with E-state index in [0.717, 1.165) is 24.7 Å². The molecular weight excluding hydrogens is 384 g/mol. The maximum Gasteiger partial charge on any atom is 0.327 e. The molecule has 0 aliphatic heterocycles. The number of benzene rings is 1. The van der Waals surface area contributed by atoms with Crippen molar-refractivity contribution in [1.29, 1.82) is 0 Å². The van der Waals surface area contributed by atoms with Crippen LogP contribution in [0.5, 0.6) is 0 Å². The summed E-state index contributed by atoms with van der Waals surface area (Å²) in [5, 5.41) is 11.6. The van der Waals surface area contributed by atoms with E-state index in [1.54, 1.807) is 6.07 Å². The highest BCUT2D eigenvalue weighted by atomic mass is 35.5. The molecular formula is C17H16ClF2N3O2S. The number of nitro groups is 1. The van der Waals surface area contributed by atoms with Gasteiger partial charge in [-0.1, -0.05) is 36.4 Å². The fourth-order valence-corrected chi connectivity index (χ4v) is 3.93. The summed E-state index contributed by atoms with van der Waals surface area (Å²) < 4.78 is 26.5. The monoisotopic (exact) mass is 399 g/mol. The van der Waals surface area contributed by atoms with Gasteiger partial charge in [0.1, 0.15) is 5.69 Å². The lowest BCUT2D eigenvalue weighted by Crippen LogP contribution is -2.05. The molecule has 0 bridgehead atoms. The number of rotatable bonds is 7. The van der Waals surface area contributed by atoms with Gasteiger partial charge in [0.05, 0.1) is 4.92 Å². The lowest BCUT2D eigenvalue weighted by Gasteiger charge is -2.06. The Bertz CT molecular complexity index is 853. The molecule has 1 aromatic heterocycles. The van der Waals surface area contributed by atoms with Gasteiger partial charge in [-0.05, 0) is 42.4 Å². The normalized spacial score (nSPS) is 18.8. The van der Waals surface area contributed by atoms with E-state index in [-0.39, 0.29) is 22.7 Å². The second-order valence-corrected chi connectivity index (χ2v) is 7.60. The van der Waals surface area contributed by atoms with Gasteiger partial charge in [0, 0.05) is 12.2 Å². The number of halogens is 3. The summed E-state index contributed by atoms with van der Waals surface area (Å²) in [5.41, 5.74) is 0.712. The molecule has 1 heterocycles. The van der Waals surface area contributed by atoms with Crippen LogP contribution in [-0.4, -0.2) is 20.6 Å². The molecule has 0 amide bonds. The van der Waals surface area contributed by atoms with Gasteiger partial charge < -0.3 is 0 Å². The molecule has 1 aromatic carbocycles. The minimum atomic E-state index is -0.887. The van der Waals surface area contributed by atoms with Gasteiger partial charge in [-0.25, -0.2) is 18.7 Å². The highest BCUT2D eigenvalue weighted by molar-refractivity contribution is 7.99. The molecule has 3 rings (SSSR count). The quantitative estimate of drug-likeness (QED) is 0.211. The lowest BCUT2D eigenvalue weighted by atomic mass is 10.1. The first kappa shape index (κ1) is 19.0. The number of hydrogen-bond acceptors (Lipinski definition) is 5. The van der Waals surface area contributed by atoms with E-state index in [9.17, 15) is 18.9 Å². The molecule has 0 spiro atoms. The summed E-state index contributed by atoms with van der Waals surface area (Å²) in [6, 6.07) is 3.83. The predicted molar refractivity (Wildman–Crippen MR) is 95.6 cm³/mol. The first-order valence-electron chi connectivity index (χ1n) is 8.19. The Balaban J connectivity index is 1.81. The Morgan fingerprint density at radius 1 is 1.35 bits per heavy atom. The van der Waals surface area contributed by atoms with E-state index in [1.807, 2.05) is 6.92 Å². The predicted octanol–water partition coefficient (Wildman–Crippen LogP) is 5.16. The Kier molecular flexibility index (Phi) is 5.72. The summed E-state index contributed by atoms with van der Waals surface area (Å²) in [6.07, 6.45) is 2.00. The van der Waals surface area contributed by atoms with Crippen molar-refractivity contribution >= 4 is 29.1 Å². The highest BCUT2D eigenvalue weighted by Crippen LogP contribution is 2.50. The van der Waals surface area contributed by atoms with E-state index >= 15 is 0 Å². The maximum absolute atomic E-state index is 13.4. The van der Waals surface area contributed by atoms with E-state index in [1.165, 1.54) is 17.8 Å². The number of aromatic nitrogens is 2. The zero-order valence-electron chi connectivity index (χ0n) is 13.9. The Hall–Kier alpha value is -1.80. The zero-order valence-corrected chi connectivity index (χ0v) is 15.5. The second kappa shape index (κ2) is 7.84. The van der Waals surface area contributed by atoms with Crippen LogP contribution >= 0.6 is 23.4 Å². The van der Waals surface area contributed by atoms with Crippen molar-refractivity contribution in [3.8, 4) is 0 Å². The molecule has 2 atom stereocenters. The topological polar surface area (TPSA) is 68.9 Å². The van der Waals surface area contributed by atoms with Gasteiger partial charge in [0.15, 0.2) is 16.8 Å². The smallest absolute Gasteiger partial charge is 0.258 e. The Morgan fingerprint density at radius 3 is 2.77 bits per heavy atom. The molecule has 1 fully saturated rings. The number of thioether (sulfide) groups is 1. The molecule has 0 radical (unpaired) electrons. The van der Waals surface area contributed by atoms with Gasteiger partial charge >= 0.3 is 5.69 Å². The van der Waals surface area contributed by atoms with Crippen LogP contribution in [-0.2, 0) is 6.42 Å². The standard InChI is InChI=1S/C17H16ClF2N3O2S/c1-2-5-26-17-21-14(15(23(24)25)16(18)22-17)8-10-6-11(10)9-3-4-12(19)13(20)7-9/h3-4,7,10-11H,2,5-6,8H2,1H3/t10-,11-/m0/s1. The van der Waals surface area contributed by atoms with Crippen LogP contribution in [0.1, 0.15) is 36.9 Å². The fourth-order valence-electron chi connectivity index (χ4n) is 2.90. The van der Waals surface area contributed by atoms with Gasteiger partial charge in [-0.15, -0.1) is 0 Å². The van der Waals surface area contributed by atoms with Crippen molar-refractivity contribution < 1.29 is 13.7 Å². The first-order chi connectivity index (χ1) is 12.4. The largest absolute Gasteiger partial charge is 0.327 e. The Labute approximate surface area is 158 Å². The average molecular weight is 400 g/mol. The van der Waals surface area contributed by atoms with Crippen LogP contribution in [0.15, 0.2) is 23.4 Å². The van der Waals surface area contributed by atoms with Crippen molar-refractivity contribution in [2.75, 3.05) is 5.75 Å². The first-order valence-corrected chi connectivity index (χ1v) is 9.55. The molecule has 0 unspecified atom stereocenters. The molecule has 5 nitrogen and oxygen atoms in total. The summed E-state index contributed by atoms with van der Waals surface area (Å²) in [7, 11) is 0. The van der Waals surface area contributed by atoms with Crippen LogP contribution in [0.25, 0.3) is 0 Å². The highest BCUT2D eigenvalue weighted by Gasteiger charge is 2.41. The van der Waals surface area contributed by atoms with Crippen LogP contribution < -0.4 is 0 Å². The molecule has 1 aliphatic rings. The van der Waals surface area contributed by atoms with Gasteiger partial charge in [-0.3, -0.25) is 10.1 Å². The summed E-state index contributed by atoms with van der Waals surface area (Å²) >= 11 is 7.40. The van der Waals surface area contributed by atoms with Crippen molar-refractivity contribution in [2.45, 2.75) is 37.3 Å². The third-order valence-corrected chi connectivity index (χ3v) is 5.58. The number of nitrogens with zero attached hydrogens (tertiary/aromatic N) is 3.